The highest BCUT2D eigenvalue weighted by Crippen LogP contribution is 2.45. The SMILES string of the molecule is [2H]C1([2H])C([2H])([2H])C([2H])([2H])[N+]2(C3CCC2CC(O)C3)C1([2H])[2H]. The number of aliphatic hydroxyl groups is 1. The van der Waals surface area contributed by atoms with Gasteiger partial charge >= 0.3 is 0 Å². The van der Waals surface area contributed by atoms with E-state index >= 15 is 0 Å². The summed E-state index contributed by atoms with van der Waals surface area (Å²) in [6.07, 6.45) is -5.14. The summed E-state index contributed by atoms with van der Waals surface area (Å²) in [7, 11) is 0. The minimum absolute atomic E-state index is 0.196. The van der Waals surface area contributed by atoms with Crippen LogP contribution in [-0.4, -0.2) is 40.8 Å². The average Bonchev–Trinajstić information content (AvgIpc) is 2.59. The van der Waals surface area contributed by atoms with E-state index in [1.807, 2.05) is 0 Å². The molecule has 1 N–H and O–H groups in total. The van der Waals surface area contributed by atoms with Crippen molar-refractivity contribution < 1.29 is 20.6 Å². The van der Waals surface area contributed by atoms with E-state index < -0.39 is 48.4 Å². The molecule has 3 saturated heterocycles. The second-order valence-corrected chi connectivity index (χ2v) is 4.26. The Bertz CT molecular complexity index is 437. The second kappa shape index (κ2) is 2.71. The Morgan fingerprint density at radius 1 is 1.08 bits per heavy atom. The van der Waals surface area contributed by atoms with Gasteiger partial charge < -0.3 is 9.59 Å². The zero-order valence-corrected chi connectivity index (χ0v) is 7.45. The molecule has 2 nitrogen and oxygen atoms in total. The molecule has 0 saturated carbocycles. The molecule has 13 heavy (non-hydrogen) atoms. The Balaban J connectivity index is 2.27. The van der Waals surface area contributed by atoms with Crippen molar-refractivity contribution in [3.8, 4) is 0 Å². The molecule has 74 valence electrons. The molecule has 3 aliphatic heterocycles. The molecule has 2 atom stereocenters. The first-order chi connectivity index (χ1) is 9.35. The van der Waals surface area contributed by atoms with Crippen LogP contribution in [0, 0.1) is 0 Å². The molecular weight excluding hydrogens is 162 g/mol. The summed E-state index contributed by atoms with van der Waals surface area (Å²) in [4.78, 5) is 0. The highest BCUT2D eigenvalue weighted by Gasteiger charge is 2.54. The lowest BCUT2D eigenvalue weighted by Gasteiger charge is -2.46. The maximum atomic E-state index is 9.89. The molecule has 0 aromatic heterocycles. The number of hydrogen-bond acceptors (Lipinski definition) is 1. The predicted molar refractivity (Wildman–Crippen MR) is 51.3 cm³/mol. The molecule has 2 bridgehead atoms. The number of aliphatic hydroxyl groups excluding tert-OH is 1. The second-order valence-electron chi connectivity index (χ2n) is 4.26. The molecule has 0 amide bonds. The summed E-state index contributed by atoms with van der Waals surface area (Å²) in [5.41, 5.74) is 0. The van der Waals surface area contributed by atoms with Gasteiger partial charge in [0.05, 0.1) is 36.7 Å². The van der Waals surface area contributed by atoms with Crippen LogP contribution in [-0.2, 0) is 0 Å². The van der Waals surface area contributed by atoms with Crippen LogP contribution in [0.4, 0.5) is 0 Å². The summed E-state index contributed by atoms with van der Waals surface area (Å²) < 4.78 is 64.3. The average molecular weight is 190 g/mol. The predicted octanol–water partition coefficient (Wildman–Crippen LogP) is 1.28. The fraction of sp³-hybridized carbons (Fsp3) is 1.00. The molecule has 2 heteroatoms. The van der Waals surface area contributed by atoms with Gasteiger partial charge in [-0.1, -0.05) is 0 Å². The fourth-order valence-electron chi connectivity index (χ4n) is 3.02. The van der Waals surface area contributed by atoms with Crippen molar-refractivity contribution in [2.45, 2.75) is 56.6 Å². The van der Waals surface area contributed by atoms with Crippen LogP contribution in [0.5, 0.6) is 0 Å². The topological polar surface area (TPSA) is 20.2 Å². The van der Waals surface area contributed by atoms with Gasteiger partial charge in [-0.05, 0) is 0 Å². The van der Waals surface area contributed by atoms with E-state index in [1.165, 1.54) is 0 Å². The van der Waals surface area contributed by atoms with E-state index in [0.29, 0.717) is 12.8 Å². The first-order valence-corrected chi connectivity index (χ1v) is 4.92. The summed E-state index contributed by atoms with van der Waals surface area (Å²) in [6, 6.07) is -1.17. The van der Waals surface area contributed by atoms with Crippen molar-refractivity contribution in [2.24, 2.45) is 0 Å². The fourth-order valence-corrected chi connectivity index (χ4v) is 3.02. The van der Waals surface area contributed by atoms with Crippen molar-refractivity contribution in [1.82, 2.24) is 0 Å². The van der Waals surface area contributed by atoms with Crippen LogP contribution in [0.15, 0.2) is 0 Å². The highest BCUT2D eigenvalue weighted by atomic mass is 16.3. The highest BCUT2D eigenvalue weighted by molar-refractivity contribution is 4.87. The third-order valence-electron chi connectivity index (χ3n) is 3.62. The number of quaternary nitrogens is 1. The molecule has 0 aromatic carbocycles. The van der Waals surface area contributed by atoms with Gasteiger partial charge in [-0.15, -0.1) is 0 Å². The minimum Gasteiger partial charge on any atom is -0.393 e. The molecule has 1 spiro atoms. The third kappa shape index (κ3) is 1.02. The standard InChI is InChI=1S/C11H20NO/c13-11-7-9-3-4-10(8-11)12(9)5-1-2-6-12/h9-11,13H,1-8H2/q+1/i1D2,2D2,5D2,6D2. The van der Waals surface area contributed by atoms with Gasteiger partial charge in [0, 0.05) is 43.9 Å². The van der Waals surface area contributed by atoms with E-state index in [9.17, 15) is 5.11 Å². The molecule has 0 aromatic rings. The molecule has 3 heterocycles. The maximum absolute atomic E-state index is 9.89. The Hall–Kier alpha value is -0.0800. The van der Waals surface area contributed by atoms with E-state index in [0.717, 1.165) is 0 Å². The molecule has 3 fully saturated rings. The zero-order valence-electron chi connectivity index (χ0n) is 15.5. The van der Waals surface area contributed by atoms with E-state index in [1.54, 1.807) is 0 Å². The van der Waals surface area contributed by atoms with Gasteiger partial charge in [0.1, 0.15) is 0 Å². The van der Waals surface area contributed by atoms with E-state index in [4.69, 9.17) is 11.0 Å². The van der Waals surface area contributed by atoms with Crippen molar-refractivity contribution in [3.05, 3.63) is 0 Å². The molecule has 3 aliphatic rings. The Labute approximate surface area is 91.4 Å². The van der Waals surface area contributed by atoms with E-state index in [-0.39, 0.29) is 12.8 Å². The molecular formula is C11H20NO+. The van der Waals surface area contributed by atoms with Gasteiger partial charge in [-0.25, -0.2) is 0 Å². The molecule has 2 unspecified atom stereocenters. The van der Waals surface area contributed by atoms with Gasteiger partial charge in [-0.3, -0.25) is 0 Å². The Morgan fingerprint density at radius 3 is 2.15 bits per heavy atom. The summed E-state index contributed by atoms with van der Waals surface area (Å²) in [6.45, 7) is -5.35. The van der Waals surface area contributed by atoms with Crippen LogP contribution in [0.25, 0.3) is 0 Å². The van der Waals surface area contributed by atoms with Crippen molar-refractivity contribution >= 4 is 0 Å². The van der Waals surface area contributed by atoms with Crippen molar-refractivity contribution in [2.75, 3.05) is 13.0 Å². The number of nitrogens with zero attached hydrogens (tertiary/aromatic N) is 1. The summed E-state index contributed by atoms with van der Waals surface area (Å²) >= 11 is 0. The normalized spacial score (nSPS) is 71.9. The van der Waals surface area contributed by atoms with Gasteiger partial charge in [0.15, 0.2) is 0 Å². The number of piperidine rings is 1. The minimum atomic E-state index is -2.94. The van der Waals surface area contributed by atoms with Crippen molar-refractivity contribution in [1.29, 1.82) is 0 Å². The Kier molecular flexibility index (Phi) is 0.727. The molecule has 0 radical (unpaired) electrons. The lowest BCUT2D eigenvalue weighted by atomic mass is 9.97. The van der Waals surface area contributed by atoms with Crippen molar-refractivity contribution in [3.63, 3.8) is 0 Å². The Morgan fingerprint density at radius 2 is 1.62 bits per heavy atom. The number of hydrogen-bond donors (Lipinski definition) is 1. The monoisotopic (exact) mass is 190 g/mol. The lowest BCUT2D eigenvalue weighted by molar-refractivity contribution is -0.956. The van der Waals surface area contributed by atoms with Crippen LogP contribution in [0.3, 0.4) is 0 Å². The smallest absolute Gasteiger partial charge is 0.0924 e. The van der Waals surface area contributed by atoms with Gasteiger partial charge in [0.25, 0.3) is 0 Å². The van der Waals surface area contributed by atoms with Gasteiger partial charge in [0.2, 0.25) is 0 Å². The maximum Gasteiger partial charge on any atom is 0.0924 e. The first-order valence-electron chi connectivity index (χ1n) is 8.92. The van der Waals surface area contributed by atoms with Gasteiger partial charge in [-0.2, -0.15) is 0 Å². The lowest BCUT2D eigenvalue weighted by Crippen LogP contribution is -2.59. The molecule has 0 aliphatic carbocycles. The van der Waals surface area contributed by atoms with Crippen LogP contribution >= 0.6 is 0 Å². The quantitative estimate of drug-likeness (QED) is 0.571. The third-order valence-corrected chi connectivity index (χ3v) is 3.62. The van der Waals surface area contributed by atoms with Crippen LogP contribution < -0.4 is 0 Å². The first kappa shape index (κ1) is 3.49. The largest absolute Gasteiger partial charge is 0.393 e. The summed E-state index contributed by atoms with van der Waals surface area (Å²) in [5.74, 6) is 0. The van der Waals surface area contributed by atoms with Crippen LogP contribution in [0.2, 0.25) is 0 Å². The van der Waals surface area contributed by atoms with Crippen LogP contribution in [0.1, 0.15) is 49.4 Å². The van der Waals surface area contributed by atoms with E-state index in [2.05, 4.69) is 0 Å². The number of rotatable bonds is 0. The summed E-state index contributed by atoms with van der Waals surface area (Å²) in [5, 5.41) is 9.89. The zero-order chi connectivity index (χ0) is 16.1. The molecule has 3 rings (SSSR count).